The first-order valence-electron chi connectivity index (χ1n) is 24.6. The number of hydrogen-bond donors (Lipinski definition) is 0. The molecule has 10 rings (SSSR count). The molecule has 3 heterocycles. The van der Waals surface area contributed by atoms with Gasteiger partial charge in [0.25, 0.3) is 6.33 Å². The SMILES string of the molecule is [2H]c1c([2H])c([2H])c(-c2cccc(-c3cc(C(C)(C)C)cc(C(C)(C)C)c3)c2-[n+]2[c-]n(-c3[c-]c(Oc4[c-]c5c(cc4)c4ccccc4n5-c4cc(C([2H])(C)C)ccn4)ccc3)c3ccccc32)c([2H])c1[2H].[Pt]. The van der Waals surface area contributed by atoms with Crippen LogP contribution >= 0.6 is 0 Å². The van der Waals surface area contributed by atoms with E-state index in [1.807, 2.05) is 120 Å². The van der Waals surface area contributed by atoms with Crippen molar-refractivity contribution in [3.05, 3.63) is 199 Å². The summed E-state index contributed by atoms with van der Waals surface area (Å²) in [5.74, 6) is 0.782. The Labute approximate surface area is 405 Å². The van der Waals surface area contributed by atoms with Gasteiger partial charge in [0.1, 0.15) is 5.82 Å². The molecular formula is C59H52N4OPt-2. The molecule has 326 valence electrons. The van der Waals surface area contributed by atoms with Gasteiger partial charge >= 0.3 is 0 Å². The first-order valence-corrected chi connectivity index (χ1v) is 21.6. The van der Waals surface area contributed by atoms with Crippen molar-refractivity contribution >= 4 is 32.8 Å². The van der Waals surface area contributed by atoms with Crippen LogP contribution < -0.4 is 9.30 Å². The van der Waals surface area contributed by atoms with Crippen molar-refractivity contribution in [2.45, 2.75) is 72.1 Å². The van der Waals surface area contributed by atoms with Crippen molar-refractivity contribution in [2.24, 2.45) is 0 Å². The topological polar surface area (TPSA) is 35.9 Å². The van der Waals surface area contributed by atoms with E-state index in [-0.39, 0.29) is 49.5 Å². The molecule has 0 saturated heterocycles. The van der Waals surface area contributed by atoms with Crippen LogP contribution in [0.1, 0.15) is 86.2 Å². The zero-order valence-corrected chi connectivity index (χ0v) is 40.0. The largest absolute Gasteiger partial charge is 0.510 e. The van der Waals surface area contributed by atoms with Gasteiger partial charge < -0.3 is 13.9 Å². The molecule has 0 unspecified atom stereocenters. The van der Waals surface area contributed by atoms with E-state index >= 15 is 0 Å². The van der Waals surface area contributed by atoms with Crippen LogP contribution in [0.15, 0.2) is 164 Å². The molecule has 0 fully saturated rings. The monoisotopic (exact) mass is 1030 g/mol. The second kappa shape index (κ2) is 17.1. The first kappa shape index (κ1) is 36.8. The second-order valence-electron chi connectivity index (χ2n) is 18.6. The van der Waals surface area contributed by atoms with Gasteiger partial charge in [-0.15, -0.1) is 29.7 Å². The molecule has 10 aromatic rings. The summed E-state index contributed by atoms with van der Waals surface area (Å²) < 4.78 is 65.5. The Kier molecular flexibility index (Phi) is 9.67. The second-order valence-corrected chi connectivity index (χ2v) is 18.6. The van der Waals surface area contributed by atoms with Crippen molar-refractivity contribution in [1.29, 1.82) is 0 Å². The van der Waals surface area contributed by atoms with E-state index in [0.29, 0.717) is 34.3 Å². The number of nitrogens with zero attached hydrogens (tertiary/aromatic N) is 4. The number of rotatable bonds is 8. The molecule has 0 atom stereocenters. The van der Waals surface area contributed by atoms with Crippen LogP contribution in [0.3, 0.4) is 0 Å². The van der Waals surface area contributed by atoms with E-state index in [2.05, 4.69) is 94.9 Å². The van der Waals surface area contributed by atoms with E-state index in [4.69, 9.17) is 15.2 Å². The standard InChI is InChI=1S/C59H52N4O.Pt/c1-39(2)41-30-31-60-56(34-41)63-52-25-13-12-22-50(52)51-29-28-47(37-55(51)63)64-46-21-16-20-45(36-46)61-38-62(54-27-15-14-26-53(54)61)57-48(40-18-10-9-11-19-40)23-17-24-49(57)42-32-43(58(3,4)5)35-44(33-42)59(6,7)8;/h9-35,39H,1-8H3;/q-2;/i9D,10D,11D,18D,19D,39D;. The van der Waals surface area contributed by atoms with Gasteiger partial charge in [-0.1, -0.05) is 170 Å². The summed E-state index contributed by atoms with van der Waals surface area (Å²) in [6, 6.07) is 47.1. The van der Waals surface area contributed by atoms with Crippen LogP contribution in [-0.4, -0.2) is 14.1 Å². The molecule has 6 heteroatoms. The summed E-state index contributed by atoms with van der Waals surface area (Å²) in [6.45, 7) is 16.9. The van der Waals surface area contributed by atoms with E-state index < -0.39 is 24.0 Å². The minimum Gasteiger partial charge on any atom is -0.510 e. The van der Waals surface area contributed by atoms with E-state index in [1.54, 1.807) is 6.20 Å². The predicted octanol–water partition coefficient (Wildman–Crippen LogP) is 14.6. The van der Waals surface area contributed by atoms with Gasteiger partial charge in [-0.05, 0) is 84.9 Å². The van der Waals surface area contributed by atoms with E-state index in [9.17, 15) is 2.74 Å². The van der Waals surface area contributed by atoms with Crippen molar-refractivity contribution < 1.29 is 38.6 Å². The molecule has 3 aromatic heterocycles. The normalized spacial score (nSPS) is 13.5. The third-order valence-corrected chi connectivity index (χ3v) is 11.9. The van der Waals surface area contributed by atoms with E-state index in [1.165, 1.54) is 0 Å². The van der Waals surface area contributed by atoms with Crippen LogP contribution in [0.4, 0.5) is 0 Å². The Morgan fingerprint density at radius 1 is 0.662 bits per heavy atom. The third-order valence-electron chi connectivity index (χ3n) is 11.9. The number of para-hydroxylation sites is 4. The number of benzene rings is 7. The Hall–Kier alpha value is -6.55. The average Bonchev–Trinajstić information content (AvgIpc) is 3.88. The van der Waals surface area contributed by atoms with Gasteiger partial charge in [0.2, 0.25) is 0 Å². The Balaban J connectivity index is 0.00000624. The number of imidazole rings is 1. The van der Waals surface area contributed by atoms with Crippen molar-refractivity contribution in [3.63, 3.8) is 0 Å². The molecule has 0 aliphatic rings. The summed E-state index contributed by atoms with van der Waals surface area (Å²) in [6.07, 6.45) is 5.39. The maximum atomic E-state index is 9.19. The number of pyridine rings is 1. The molecule has 0 saturated carbocycles. The smallest absolute Gasteiger partial charge is 0.268 e. The van der Waals surface area contributed by atoms with Crippen LogP contribution in [0.25, 0.3) is 72.3 Å². The Bertz CT molecular complexity index is 3660. The van der Waals surface area contributed by atoms with E-state index in [0.717, 1.165) is 60.7 Å². The minimum atomic E-state index is -0.818. The van der Waals surface area contributed by atoms with Crippen LogP contribution in [0, 0.1) is 18.5 Å². The summed E-state index contributed by atoms with van der Waals surface area (Å²) in [5, 5.41) is 2.03. The Morgan fingerprint density at radius 2 is 1.32 bits per heavy atom. The summed E-state index contributed by atoms with van der Waals surface area (Å²) in [7, 11) is 0. The van der Waals surface area contributed by atoms with Gasteiger partial charge in [0.05, 0.1) is 23.6 Å². The van der Waals surface area contributed by atoms with Crippen molar-refractivity contribution in [1.82, 2.24) is 14.1 Å². The molecule has 0 spiro atoms. The van der Waals surface area contributed by atoms with Crippen molar-refractivity contribution in [3.8, 4) is 50.9 Å². The average molecular weight is 1030 g/mol. The molecule has 65 heavy (non-hydrogen) atoms. The van der Waals surface area contributed by atoms with Crippen LogP contribution in [-0.2, 0) is 31.9 Å². The third kappa shape index (κ3) is 8.24. The number of fused-ring (bicyclic) bond motifs is 4. The molecule has 0 radical (unpaired) electrons. The van der Waals surface area contributed by atoms with Gasteiger partial charge in [0, 0.05) is 45.6 Å². The van der Waals surface area contributed by atoms with Gasteiger partial charge in [-0.3, -0.25) is 4.57 Å². The fraction of sp³-hybridized carbons (Fsp3) is 0.186. The van der Waals surface area contributed by atoms with Crippen molar-refractivity contribution in [2.75, 3.05) is 0 Å². The number of aromatic nitrogens is 4. The van der Waals surface area contributed by atoms with Gasteiger partial charge in [-0.25, -0.2) is 4.98 Å². The summed E-state index contributed by atoms with van der Waals surface area (Å²) >= 11 is 0. The van der Waals surface area contributed by atoms with Crippen LogP contribution in [0.2, 0.25) is 0 Å². The quantitative estimate of drug-likeness (QED) is 0.112. The minimum absolute atomic E-state index is 0. The molecule has 0 aliphatic carbocycles. The van der Waals surface area contributed by atoms with Gasteiger partial charge in [-0.2, -0.15) is 18.2 Å². The fourth-order valence-electron chi connectivity index (χ4n) is 8.43. The summed E-state index contributed by atoms with van der Waals surface area (Å²) in [5.41, 5.74) is 9.60. The maximum Gasteiger partial charge on any atom is 0.268 e. The van der Waals surface area contributed by atoms with Gasteiger partial charge in [0.15, 0.2) is 0 Å². The molecule has 0 amide bonds. The predicted molar refractivity (Wildman–Crippen MR) is 262 cm³/mol. The molecule has 7 aromatic carbocycles. The molecule has 0 bridgehead atoms. The zero-order valence-electron chi connectivity index (χ0n) is 43.7. The zero-order chi connectivity index (χ0) is 49.6. The van der Waals surface area contributed by atoms with Crippen LogP contribution in [0.5, 0.6) is 11.5 Å². The number of hydrogen-bond acceptors (Lipinski definition) is 2. The molecular weight excluding hydrogens is 976 g/mol. The Morgan fingerprint density at radius 3 is 2.05 bits per heavy atom. The first-order chi connectivity index (χ1) is 33.2. The molecule has 0 aliphatic heterocycles. The molecule has 0 N–H and O–H groups in total. The number of ether oxygens (including phenoxy) is 1. The molecule has 5 nitrogen and oxygen atoms in total. The summed E-state index contributed by atoms with van der Waals surface area (Å²) in [4.78, 5) is 4.76. The maximum absolute atomic E-state index is 9.19. The fourth-order valence-corrected chi connectivity index (χ4v) is 8.43.